The molecule has 1 saturated carbocycles. The number of hydrogen-bond acceptors (Lipinski definition) is 3. The molecule has 0 aromatic rings. The molecule has 0 aromatic carbocycles. The second-order valence-corrected chi connectivity index (χ2v) is 5.57. The minimum atomic E-state index is 0.193. The molecule has 2 N–H and O–H groups in total. The Labute approximate surface area is 91.9 Å². The van der Waals surface area contributed by atoms with E-state index >= 15 is 0 Å². The van der Waals surface area contributed by atoms with Crippen molar-refractivity contribution >= 4 is 0 Å². The van der Waals surface area contributed by atoms with Gasteiger partial charge in [-0.2, -0.15) is 0 Å². The molecule has 0 spiro atoms. The van der Waals surface area contributed by atoms with E-state index in [4.69, 9.17) is 10.5 Å². The van der Waals surface area contributed by atoms with Gasteiger partial charge in [-0.25, -0.2) is 0 Å². The van der Waals surface area contributed by atoms with Gasteiger partial charge in [0.05, 0.1) is 12.1 Å². The van der Waals surface area contributed by atoms with Crippen LogP contribution >= 0.6 is 0 Å². The lowest BCUT2D eigenvalue weighted by molar-refractivity contribution is -0.0571. The van der Waals surface area contributed by atoms with Crippen molar-refractivity contribution in [3.05, 3.63) is 0 Å². The molecule has 3 rings (SSSR count). The molecule has 86 valence electrons. The van der Waals surface area contributed by atoms with Crippen molar-refractivity contribution in [3.63, 3.8) is 0 Å². The Hall–Kier alpha value is -0.120. The van der Waals surface area contributed by atoms with Gasteiger partial charge in [-0.05, 0) is 38.0 Å². The monoisotopic (exact) mass is 210 g/mol. The van der Waals surface area contributed by atoms with Gasteiger partial charge in [0.25, 0.3) is 0 Å². The quantitative estimate of drug-likeness (QED) is 0.738. The van der Waals surface area contributed by atoms with E-state index < -0.39 is 0 Å². The van der Waals surface area contributed by atoms with Gasteiger partial charge in [0, 0.05) is 25.7 Å². The van der Waals surface area contributed by atoms with Crippen LogP contribution in [0.3, 0.4) is 0 Å². The Morgan fingerprint density at radius 3 is 2.87 bits per heavy atom. The lowest BCUT2D eigenvalue weighted by atomic mass is 9.88. The fourth-order valence-electron chi connectivity index (χ4n) is 3.85. The van der Waals surface area contributed by atoms with Crippen LogP contribution in [0.15, 0.2) is 0 Å². The highest BCUT2D eigenvalue weighted by molar-refractivity contribution is 5.03. The molecule has 15 heavy (non-hydrogen) atoms. The first-order valence-corrected chi connectivity index (χ1v) is 6.39. The Morgan fingerprint density at radius 1 is 1.40 bits per heavy atom. The molecular weight excluding hydrogens is 188 g/mol. The van der Waals surface area contributed by atoms with Gasteiger partial charge in [-0.1, -0.05) is 0 Å². The van der Waals surface area contributed by atoms with Gasteiger partial charge in [0.2, 0.25) is 0 Å². The summed E-state index contributed by atoms with van der Waals surface area (Å²) in [5.74, 6) is 0.959. The largest absolute Gasteiger partial charge is 0.379 e. The first-order valence-electron chi connectivity index (χ1n) is 6.39. The first-order chi connectivity index (χ1) is 7.34. The number of piperidine rings is 1. The number of hydrogen-bond donors (Lipinski definition) is 1. The fourth-order valence-corrected chi connectivity index (χ4v) is 3.85. The first kappa shape index (κ1) is 10.1. The van der Waals surface area contributed by atoms with Crippen LogP contribution in [0, 0.1) is 5.92 Å². The molecule has 2 aliphatic heterocycles. The predicted molar refractivity (Wildman–Crippen MR) is 59.7 cm³/mol. The summed E-state index contributed by atoms with van der Waals surface area (Å²) in [5, 5.41) is 0. The van der Waals surface area contributed by atoms with E-state index in [2.05, 4.69) is 4.90 Å². The number of nitrogens with two attached hydrogens (primary N) is 1. The summed E-state index contributed by atoms with van der Waals surface area (Å²) in [7, 11) is 0. The molecule has 2 bridgehead atoms. The van der Waals surface area contributed by atoms with Crippen molar-refractivity contribution in [2.75, 3.05) is 26.3 Å². The Bertz CT molecular complexity index is 238. The summed E-state index contributed by atoms with van der Waals surface area (Å²) >= 11 is 0. The third-order valence-electron chi connectivity index (χ3n) is 4.70. The number of fused-ring (bicyclic) bond motifs is 2. The van der Waals surface area contributed by atoms with E-state index in [1.54, 1.807) is 0 Å². The maximum absolute atomic E-state index is 6.03. The fraction of sp³-hybridized carbons (Fsp3) is 1.00. The zero-order chi connectivity index (χ0) is 10.3. The number of likely N-dealkylation sites (tertiary alicyclic amines) is 1. The molecular formula is C12H22N2O. The van der Waals surface area contributed by atoms with Gasteiger partial charge >= 0.3 is 0 Å². The van der Waals surface area contributed by atoms with E-state index in [0.29, 0.717) is 0 Å². The summed E-state index contributed by atoms with van der Waals surface area (Å²) in [6, 6.07) is 0.820. The zero-order valence-electron chi connectivity index (χ0n) is 9.45. The minimum absolute atomic E-state index is 0.193. The Balaban J connectivity index is 1.77. The summed E-state index contributed by atoms with van der Waals surface area (Å²) < 4.78 is 5.67. The lowest BCUT2D eigenvalue weighted by Gasteiger charge is -2.47. The SMILES string of the molecule is NCC1(N2CC3CCC2C3)CCCOC1. The maximum atomic E-state index is 6.03. The minimum Gasteiger partial charge on any atom is -0.379 e. The van der Waals surface area contributed by atoms with Crippen molar-refractivity contribution in [1.29, 1.82) is 0 Å². The second-order valence-electron chi connectivity index (χ2n) is 5.57. The van der Waals surface area contributed by atoms with E-state index in [-0.39, 0.29) is 5.54 Å². The van der Waals surface area contributed by atoms with Gasteiger partial charge in [-0.3, -0.25) is 4.90 Å². The highest BCUT2D eigenvalue weighted by atomic mass is 16.5. The second kappa shape index (κ2) is 3.72. The predicted octanol–water partition coefficient (Wildman–Crippen LogP) is 0.979. The number of rotatable bonds is 2. The zero-order valence-corrected chi connectivity index (χ0v) is 9.45. The summed E-state index contributed by atoms with van der Waals surface area (Å²) in [5.41, 5.74) is 6.22. The standard InChI is InChI=1S/C12H22N2O/c13-8-12(4-1-5-15-9-12)14-7-10-2-3-11(14)6-10/h10-11H,1-9,13H2. The molecule has 3 atom stereocenters. The van der Waals surface area contributed by atoms with Crippen molar-refractivity contribution in [2.45, 2.75) is 43.7 Å². The van der Waals surface area contributed by atoms with E-state index in [1.807, 2.05) is 0 Å². The molecule has 1 aliphatic carbocycles. The van der Waals surface area contributed by atoms with Gasteiger partial charge in [0.1, 0.15) is 0 Å². The number of nitrogens with zero attached hydrogens (tertiary/aromatic N) is 1. The van der Waals surface area contributed by atoms with Crippen LogP contribution in [0.2, 0.25) is 0 Å². The molecule has 0 amide bonds. The van der Waals surface area contributed by atoms with Crippen molar-refractivity contribution < 1.29 is 4.74 Å². The molecule has 3 unspecified atom stereocenters. The van der Waals surface area contributed by atoms with Gasteiger partial charge in [-0.15, -0.1) is 0 Å². The van der Waals surface area contributed by atoms with E-state index in [9.17, 15) is 0 Å². The van der Waals surface area contributed by atoms with E-state index in [0.717, 1.165) is 31.7 Å². The van der Waals surface area contributed by atoms with Crippen LogP contribution in [-0.4, -0.2) is 42.8 Å². The molecule has 3 heteroatoms. The topological polar surface area (TPSA) is 38.5 Å². The van der Waals surface area contributed by atoms with Crippen LogP contribution in [-0.2, 0) is 4.74 Å². The third kappa shape index (κ3) is 1.52. The highest BCUT2D eigenvalue weighted by Gasteiger charge is 2.48. The van der Waals surface area contributed by atoms with Crippen LogP contribution < -0.4 is 5.73 Å². The Kier molecular flexibility index (Phi) is 2.49. The molecule has 3 aliphatic rings. The van der Waals surface area contributed by atoms with Crippen molar-refractivity contribution in [2.24, 2.45) is 11.7 Å². The average molecular weight is 210 g/mol. The maximum Gasteiger partial charge on any atom is 0.0662 e. The summed E-state index contributed by atoms with van der Waals surface area (Å²) in [4.78, 5) is 2.69. The van der Waals surface area contributed by atoms with Crippen LogP contribution in [0.1, 0.15) is 32.1 Å². The van der Waals surface area contributed by atoms with Crippen LogP contribution in [0.4, 0.5) is 0 Å². The van der Waals surface area contributed by atoms with Gasteiger partial charge in [0.15, 0.2) is 0 Å². The third-order valence-corrected chi connectivity index (χ3v) is 4.70. The van der Waals surface area contributed by atoms with Crippen LogP contribution in [0.5, 0.6) is 0 Å². The molecule has 3 nitrogen and oxygen atoms in total. The van der Waals surface area contributed by atoms with Crippen molar-refractivity contribution in [1.82, 2.24) is 4.90 Å². The lowest BCUT2D eigenvalue weighted by Crippen LogP contribution is -2.60. The van der Waals surface area contributed by atoms with Gasteiger partial charge < -0.3 is 10.5 Å². The summed E-state index contributed by atoms with van der Waals surface area (Å²) in [6.07, 6.45) is 6.69. The van der Waals surface area contributed by atoms with Crippen molar-refractivity contribution in [3.8, 4) is 0 Å². The molecule has 3 fully saturated rings. The normalized spacial score (nSPS) is 46.2. The number of ether oxygens (including phenoxy) is 1. The molecule has 2 heterocycles. The van der Waals surface area contributed by atoms with E-state index in [1.165, 1.54) is 38.6 Å². The smallest absolute Gasteiger partial charge is 0.0662 e. The van der Waals surface area contributed by atoms with Crippen LogP contribution in [0.25, 0.3) is 0 Å². The Morgan fingerprint density at radius 2 is 2.33 bits per heavy atom. The average Bonchev–Trinajstić information content (AvgIpc) is 2.92. The molecule has 0 radical (unpaired) electrons. The molecule has 2 saturated heterocycles. The molecule has 0 aromatic heterocycles. The highest BCUT2D eigenvalue weighted by Crippen LogP contribution is 2.43. The summed E-state index contributed by atoms with van der Waals surface area (Å²) in [6.45, 7) is 3.86.